The van der Waals surface area contributed by atoms with Crippen molar-refractivity contribution in [1.29, 1.82) is 0 Å². The number of carbonyl (C=O) groups is 2. The molecule has 2 amide bonds. The summed E-state index contributed by atoms with van der Waals surface area (Å²) in [4.78, 5) is 29.4. The average molecular weight is 402 g/mol. The quantitative estimate of drug-likeness (QED) is 0.546. The molecule has 1 aromatic carbocycles. The summed E-state index contributed by atoms with van der Waals surface area (Å²) in [6.07, 6.45) is 3.53. The number of nitrogens with zero attached hydrogens (tertiary/aromatic N) is 2. The van der Waals surface area contributed by atoms with Gasteiger partial charge >= 0.3 is 12.0 Å². The number of urea groups is 1. The van der Waals surface area contributed by atoms with Gasteiger partial charge in [-0.1, -0.05) is 30.0 Å². The average Bonchev–Trinajstić information content (AvgIpc) is 3.10. The molecule has 3 rings (SSSR count). The Balaban J connectivity index is 2.02. The molecule has 0 spiro atoms. The number of amides is 2. The Morgan fingerprint density at radius 3 is 2.82 bits per heavy atom. The van der Waals surface area contributed by atoms with E-state index in [4.69, 9.17) is 9.47 Å². The van der Waals surface area contributed by atoms with Crippen LogP contribution in [0.1, 0.15) is 18.5 Å². The third-order valence-corrected chi connectivity index (χ3v) is 5.31. The fourth-order valence-electron chi connectivity index (χ4n) is 2.95. The van der Waals surface area contributed by atoms with Gasteiger partial charge < -0.3 is 24.7 Å². The first-order valence-electron chi connectivity index (χ1n) is 8.75. The minimum absolute atomic E-state index is 0.231. The van der Waals surface area contributed by atoms with Crippen molar-refractivity contribution in [1.82, 2.24) is 20.2 Å². The number of imidazole rings is 1. The molecule has 148 valence electrons. The lowest BCUT2D eigenvalue weighted by Crippen LogP contribution is -2.46. The molecule has 0 saturated heterocycles. The Morgan fingerprint density at radius 2 is 2.14 bits per heavy atom. The molecule has 9 heteroatoms. The highest BCUT2D eigenvalue weighted by Crippen LogP contribution is 2.34. The first-order chi connectivity index (χ1) is 13.5. The summed E-state index contributed by atoms with van der Waals surface area (Å²) in [5.41, 5.74) is 1.53. The summed E-state index contributed by atoms with van der Waals surface area (Å²) >= 11 is 1.42. The van der Waals surface area contributed by atoms with Gasteiger partial charge in [0.25, 0.3) is 0 Å². The van der Waals surface area contributed by atoms with Crippen molar-refractivity contribution in [3.63, 3.8) is 0 Å². The van der Waals surface area contributed by atoms with Crippen molar-refractivity contribution in [2.24, 2.45) is 7.05 Å². The molecule has 1 aromatic heterocycles. The summed E-state index contributed by atoms with van der Waals surface area (Å²) in [7, 11) is 3.43. The summed E-state index contributed by atoms with van der Waals surface area (Å²) < 4.78 is 12.6. The zero-order chi connectivity index (χ0) is 20.1. The molecule has 8 nitrogen and oxygen atoms in total. The minimum atomic E-state index is -0.680. The van der Waals surface area contributed by atoms with Crippen molar-refractivity contribution < 1.29 is 19.1 Å². The lowest BCUT2D eigenvalue weighted by atomic mass is 9.95. The Morgan fingerprint density at radius 1 is 1.36 bits per heavy atom. The third-order valence-electron chi connectivity index (χ3n) is 4.22. The van der Waals surface area contributed by atoms with Crippen molar-refractivity contribution >= 4 is 23.8 Å². The Bertz CT molecular complexity index is 909. The number of aryl methyl sites for hydroxylation is 1. The molecule has 0 fully saturated rings. The number of ether oxygens (including phenoxy) is 2. The summed E-state index contributed by atoms with van der Waals surface area (Å²) in [5, 5.41) is 6.34. The van der Waals surface area contributed by atoms with Gasteiger partial charge in [-0.05, 0) is 13.0 Å². The maximum Gasteiger partial charge on any atom is 0.338 e. The zero-order valence-corrected chi connectivity index (χ0v) is 16.7. The van der Waals surface area contributed by atoms with Crippen LogP contribution in [-0.2, 0) is 16.6 Å². The third kappa shape index (κ3) is 4.14. The van der Waals surface area contributed by atoms with Crippen LogP contribution in [0.25, 0.3) is 0 Å². The Hall–Kier alpha value is -2.94. The molecule has 1 aliphatic rings. The molecule has 28 heavy (non-hydrogen) atoms. The second-order valence-corrected chi connectivity index (χ2v) is 6.94. The predicted molar refractivity (Wildman–Crippen MR) is 105 cm³/mol. The Kier molecular flexibility index (Phi) is 6.25. The number of para-hydroxylation sites is 1. The highest BCUT2D eigenvalue weighted by Gasteiger charge is 2.35. The number of methoxy groups -OCH3 is 1. The van der Waals surface area contributed by atoms with E-state index in [0.717, 1.165) is 5.16 Å². The van der Waals surface area contributed by atoms with Crippen LogP contribution in [0.4, 0.5) is 4.79 Å². The number of carbonyl (C=O) groups excluding carboxylic acids is 2. The van der Waals surface area contributed by atoms with Crippen LogP contribution in [0, 0.1) is 0 Å². The van der Waals surface area contributed by atoms with Crippen LogP contribution in [0.15, 0.2) is 53.1 Å². The van der Waals surface area contributed by atoms with Gasteiger partial charge in [-0.25, -0.2) is 14.6 Å². The minimum Gasteiger partial charge on any atom is -0.496 e. The fraction of sp³-hybridized carbons (Fsp3) is 0.316. The van der Waals surface area contributed by atoms with E-state index in [9.17, 15) is 9.59 Å². The molecule has 2 N–H and O–H groups in total. The highest BCUT2D eigenvalue weighted by molar-refractivity contribution is 7.99. The molecule has 0 saturated carbocycles. The number of aromatic nitrogens is 2. The lowest BCUT2D eigenvalue weighted by Gasteiger charge is -2.30. The van der Waals surface area contributed by atoms with Crippen LogP contribution < -0.4 is 15.4 Å². The van der Waals surface area contributed by atoms with Crippen molar-refractivity contribution in [3.05, 3.63) is 53.5 Å². The van der Waals surface area contributed by atoms with Crippen molar-refractivity contribution in [2.75, 3.05) is 19.5 Å². The molecule has 0 aliphatic carbocycles. The molecule has 2 aromatic rings. The maximum absolute atomic E-state index is 12.8. The number of benzene rings is 1. The van der Waals surface area contributed by atoms with Gasteiger partial charge in [0.05, 0.1) is 25.3 Å². The van der Waals surface area contributed by atoms with Gasteiger partial charge in [0.1, 0.15) is 5.75 Å². The van der Waals surface area contributed by atoms with Crippen LogP contribution >= 0.6 is 11.8 Å². The molecule has 0 bridgehead atoms. The van der Waals surface area contributed by atoms with Gasteiger partial charge in [0, 0.05) is 36.5 Å². The van der Waals surface area contributed by atoms with E-state index in [1.54, 1.807) is 26.3 Å². The molecule has 0 unspecified atom stereocenters. The largest absolute Gasteiger partial charge is 0.496 e. The number of thioether (sulfide) groups is 1. The van der Waals surface area contributed by atoms with Gasteiger partial charge in [-0.3, -0.25) is 0 Å². The summed E-state index contributed by atoms with van der Waals surface area (Å²) in [5.74, 6) is 0.451. The molecular weight excluding hydrogens is 380 g/mol. The van der Waals surface area contributed by atoms with Gasteiger partial charge in [-0.2, -0.15) is 0 Å². The van der Waals surface area contributed by atoms with Crippen LogP contribution in [0.3, 0.4) is 0 Å². The topological polar surface area (TPSA) is 94.5 Å². The smallest absolute Gasteiger partial charge is 0.338 e. The van der Waals surface area contributed by atoms with Gasteiger partial charge in [0.15, 0.2) is 5.16 Å². The van der Waals surface area contributed by atoms with Gasteiger partial charge in [0.2, 0.25) is 0 Å². The van der Waals surface area contributed by atoms with E-state index in [1.165, 1.54) is 11.8 Å². The summed E-state index contributed by atoms with van der Waals surface area (Å²) in [6, 6.07) is 6.20. The molecular formula is C19H22N4O4S. The van der Waals surface area contributed by atoms with E-state index in [0.29, 0.717) is 28.3 Å². The molecule has 2 heterocycles. The van der Waals surface area contributed by atoms with Crippen molar-refractivity contribution in [3.8, 4) is 5.75 Å². The maximum atomic E-state index is 12.8. The molecule has 1 atom stereocenters. The zero-order valence-electron chi connectivity index (χ0n) is 15.9. The summed E-state index contributed by atoms with van der Waals surface area (Å²) in [6.45, 7) is 1.97. The molecule has 0 radical (unpaired) electrons. The van der Waals surface area contributed by atoms with E-state index in [-0.39, 0.29) is 12.6 Å². The van der Waals surface area contributed by atoms with Crippen LogP contribution in [0.5, 0.6) is 5.75 Å². The van der Waals surface area contributed by atoms with Crippen LogP contribution in [0.2, 0.25) is 0 Å². The second kappa shape index (κ2) is 8.83. The molecule has 1 aliphatic heterocycles. The predicted octanol–water partition coefficient (Wildman–Crippen LogP) is 2.39. The normalized spacial score (nSPS) is 16.4. The van der Waals surface area contributed by atoms with E-state index in [1.807, 2.05) is 36.0 Å². The number of nitrogens with one attached hydrogen (secondary N) is 2. The number of hydrogen-bond donors (Lipinski definition) is 2. The Labute approximate surface area is 167 Å². The number of hydrogen-bond acceptors (Lipinski definition) is 6. The first kappa shape index (κ1) is 19.8. The van der Waals surface area contributed by atoms with E-state index < -0.39 is 12.0 Å². The monoisotopic (exact) mass is 402 g/mol. The number of rotatable bonds is 7. The SMILES string of the molecule is CCOC(=O)C1=C(CSc2nccn2C)NC(=O)N[C@@H]1c1ccccc1OC. The van der Waals surface area contributed by atoms with Gasteiger partial charge in [-0.15, -0.1) is 0 Å². The van der Waals surface area contributed by atoms with Crippen LogP contribution in [-0.4, -0.2) is 41.0 Å². The highest BCUT2D eigenvalue weighted by atomic mass is 32.2. The second-order valence-electron chi connectivity index (χ2n) is 6.00. The number of esters is 1. The fourth-order valence-corrected chi connectivity index (χ4v) is 3.85. The van der Waals surface area contributed by atoms with E-state index in [2.05, 4.69) is 15.6 Å². The lowest BCUT2D eigenvalue weighted by molar-refractivity contribution is -0.139. The van der Waals surface area contributed by atoms with E-state index >= 15 is 0 Å². The first-order valence-corrected chi connectivity index (χ1v) is 9.74. The standard InChI is InChI=1S/C19H22N4O4S/c1-4-27-17(24)15-13(11-28-19-20-9-10-23(19)2)21-18(25)22-16(15)12-7-5-6-8-14(12)26-3/h5-10,16H,4,11H2,1-3H3,(H2,21,22,25)/t16-/m1/s1. The van der Waals surface area contributed by atoms with Crippen molar-refractivity contribution in [2.45, 2.75) is 18.1 Å².